The smallest absolute Gasteiger partial charge is 0.407 e. The van der Waals surface area contributed by atoms with Gasteiger partial charge < -0.3 is 15.2 Å². The second kappa shape index (κ2) is 5.93. The van der Waals surface area contributed by atoms with Crippen LogP contribution in [-0.4, -0.2) is 24.4 Å². The summed E-state index contributed by atoms with van der Waals surface area (Å²) in [4.78, 5) is 11.8. The van der Waals surface area contributed by atoms with E-state index in [9.17, 15) is 9.90 Å². The van der Waals surface area contributed by atoms with E-state index in [1.54, 1.807) is 7.05 Å². The first-order valence-corrected chi connectivity index (χ1v) is 9.64. The molecule has 0 saturated heterocycles. The maximum Gasteiger partial charge on any atom is 0.407 e. The molecule has 0 heterocycles. The molecule has 25 heavy (non-hydrogen) atoms. The third-order valence-corrected chi connectivity index (χ3v) is 7.42. The lowest BCUT2D eigenvalue weighted by atomic mass is 9.53. The molecule has 136 valence electrons. The molecule has 1 amide bonds. The number of rotatable bonds is 1. The van der Waals surface area contributed by atoms with Crippen molar-refractivity contribution in [2.75, 3.05) is 7.05 Å². The second-order valence-electron chi connectivity index (χ2n) is 8.62. The summed E-state index contributed by atoms with van der Waals surface area (Å²) in [5.41, 5.74) is 2.86. The third kappa shape index (κ3) is 2.52. The van der Waals surface area contributed by atoms with Crippen molar-refractivity contribution in [1.29, 1.82) is 0 Å². The van der Waals surface area contributed by atoms with Gasteiger partial charge in [0.05, 0.1) is 0 Å². The molecule has 4 rings (SSSR count). The molecule has 4 heteroatoms. The molecule has 1 aromatic rings. The van der Waals surface area contributed by atoms with Gasteiger partial charge in [-0.15, -0.1) is 0 Å². The minimum atomic E-state index is -0.300. The Hall–Kier alpha value is -1.71. The van der Waals surface area contributed by atoms with E-state index >= 15 is 0 Å². The van der Waals surface area contributed by atoms with Crippen LogP contribution in [0.15, 0.2) is 18.2 Å². The largest absolute Gasteiger partial charge is 0.508 e. The summed E-state index contributed by atoms with van der Waals surface area (Å²) in [6, 6.07) is 5.94. The van der Waals surface area contributed by atoms with E-state index < -0.39 is 0 Å². The quantitative estimate of drug-likeness (QED) is 0.803. The number of aromatic hydroxyl groups is 1. The summed E-state index contributed by atoms with van der Waals surface area (Å²) in [5.74, 6) is 2.82. The zero-order valence-corrected chi connectivity index (χ0v) is 15.4. The van der Waals surface area contributed by atoms with Gasteiger partial charge in [-0.25, -0.2) is 4.79 Å². The first-order chi connectivity index (χ1) is 11.9. The van der Waals surface area contributed by atoms with E-state index in [0.717, 1.165) is 32.1 Å². The Morgan fingerprint density at radius 2 is 2.12 bits per heavy atom. The number of hydrogen-bond acceptors (Lipinski definition) is 3. The molecular weight excluding hydrogens is 314 g/mol. The molecule has 2 fully saturated rings. The Kier molecular flexibility index (Phi) is 3.97. The third-order valence-electron chi connectivity index (χ3n) is 7.42. The summed E-state index contributed by atoms with van der Waals surface area (Å²) in [5, 5.41) is 12.5. The minimum absolute atomic E-state index is 0.0341. The van der Waals surface area contributed by atoms with Crippen molar-refractivity contribution in [3.63, 3.8) is 0 Å². The predicted molar refractivity (Wildman–Crippen MR) is 96.6 cm³/mol. The standard InChI is InChI=1S/C21H29NO3/c1-12-10-13-11-14(23)4-5-15(13)16-8-9-21(2)17(19(12)16)6-7-18(21)25-20(24)22-3/h4-5,11-12,16-19,23H,6-10H2,1-3H3,(H,22,24)/t12-,16?,17?,18-,19?,21-/m0/s1. The molecule has 3 aliphatic rings. The number of ether oxygens (including phenoxy) is 1. The van der Waals surface area contributed by atoms with Gasteiger partial charge in [-0.1, -0.05) is 19.9 Å². The van der Waals surface area contributed by atoms with Crippen molar-refractivity contribution in [3.05, 3.63) is 29.3 Å². The lowest BCUT2D eigenvalue weighted by Gasteiger charge is -2.52. The van der Waals surface area contributed by atoms with Crippen LogP contribution in [0.4, 0.5) is 4.79 Å². The zero-order chi connectivity index (χ0) is 17.8. The maximum absolute atomic E-state index is 11.8. The molecular formula is C21H29NO3. The Morgan fingerprint density at radius 1 is 1.32 bits per heavy atom. The first-order valence-electron chi connectivity index (χ1n) is 9.64. The van der Waals surface area contributed by atoms with Crippen LogP contribution in [0.2, 0.25) is 0 Å². The molecule has 3 unspecified atom stereocenters. The zero-order valence-electron chi connectivity index (χ0n) is 15.4. The van der Waals surface area contributed by atoms with E-state index in [1.807, 2.05) is 12.1 Å². The molecule has 2 saturated carbocycles. The predicted octanol–water partition coefficient (Wildman–Crippen LogP) is 4.22. The number of amides is 1. The summed E-state index contributed by atoms with van der Waals surface area (Å²) >= 11 is 0. The van der Waals surface area contributed by atoms with Gasteiger partial charge in [0.2, 0.25) is 0 Å². The van der Waals surface area contributed by atoms with Gasteiger partial charge in [0.15, 0.2) is 0 Å². The van der Waals surface area contributed by atoms with Gasteiger partial charge in [-0.2, -0.15) is 0 Å². The highest BCUT2D eigenvalue weighted by Gasteiger charge is 2.57. The number of benzene rings is 1. The second-order valence-corrected chi connectivity index (χ2v) is 8.62. The van der Waals surface area contributed by atoms with Crippen LogP contribution in [0.25, 0.3) is 0 Å². The highest BCUT2D eigenvalue weighted by atomic mass is 16.6. The number of alkyl carbamates (subject to hydrolysis) is 1. The average Bonchev–Trinajstić information content (AvgIpc) is 2.90. The summed E-state index contributed by atoms with van der Waals surface area (Å²) in [6.07, 6.45) is 5.15. The average molecular weight is 343 g/mol. The van der Waals surface area contributed by atoms with Gasteiger partial charge in [-0.05, 0) is 79.0 Å². The van der Waals surface area contributed by atoms with Gasteiger partial charge >= 0.3 is 6.09 Å². The van der Waals surface area contributed by atoms with Crippen molar-refractivity contribution in [3.8, 4) is 5.75 Å². The van der Waals surface area contributed by atoms with E-state index in [2.05, 4.69) is 25.2 Å². The fraction of sp³-hybridized carbons (Fsp3) is 0.667. The summed E-state index contributed by atoms with van der Waals surface area (Å²) in [6.45, 7) is 4.71. The number of nitrogens with one attached hydrogen (secondary N) is 1. The van der Waals surface area contributed by atoms with Crippen LogP contribution in [-0.2, 0) is 11.2 Å². The maximum atomic E-state index is 11.8. The molecule has 1 aromatic carbocycles. The van der Waals surface area contributed by atoms with Crippen LogP contribution in [0, 0.1) is 23.2 Å². The summed E-state index contributed by atoms with van der Waals surface area (Å²) < 4.78 is 5.75. The number of phenols is 1. The Bertz CT molecular complexity index is 688. The van der Waals surface area contributed by atoms with Gasteiger partial charge in [-0.3, -0.25) is 0 Å². The lowest BCUT2D eigenvalue weighted by molar-refractivity contribution is -0.0420. The van der Waals surface area contributed by atoms with Gasteiger partial charge in [0.1, 0.15) is 11.9 Å². The molecule has 0 spiro atoms. The monoisotopic (exact) mass is 343 g/mol. The highest BCUT2D eigenvalue weighted by Crippen LogP contribution is 2.62. The van der Waals surface area contributed by atoms with Crippen LogP contribution in [0.5, 0.6) is 5.75 Å². The SMILES string of the molecule is CNC(=O)O[C@H]1CCC2C3C(CC[C@@]21C)c1ccc(O)cc1C[C@@H]3C. The number of fused-ring (bicyclic) bond motifs is 5. The Morgan fingerprint density at radius 3 is 2.88 bits per heavy atom. The number of phenolic OH excluding ortho intramolecular Hbond substituents is 1. The fourth-order valence-electron chi connectivity index (χ4n) is 6.30. The molecule has 2 N–H and O–H groups in total. The summed E-state index contributed by atoms with van der Waals surface area (Å²) in [7, 11) is 1.63. The number of hydrogen-bond donors (Lipinski definition) is 2. The van der Waals surface area contributed by atoms with Crippen molar-refractivity contribution in [1.82, 2.24) is 5.32 Å². The molecule has 4 nitrogen and oxygen atoms in total. The van der Waals surface area contributed by atoms with Gasteiger partial charge in [0, 0.05) is 12.5 Å². The lowest BCUT2D eigenvalue weighted by Crippen LogP contribution is -2.48. The molecule has 0 aliphatic heterocycles. The Labute approximate surface area is 150 Å². The van der Waals surface area contributed by atoms with E-state index in [1.165, 1.54) is 11.1 Å². The number of carbonyl (C=O) groups excluding carboxylic acids is 1. The normalized spacial score (nSPS) is 39.1. The molecule has 3 aliphatic carbocycles. The highest BCUT2D eigenvalue weighted by molar-refractivity contribution is 5.67. The fourth-order valence-corrected chi connectivity index (χ4v) is 6.30. The minimum Gasteiger partial charge on any atom is -0.508 e. The Balaban J connectivity index is 1.64. The van der Waals surface area contributed by atoms with E-state index in [4.69, 9.17) is 4.74 Å². The van der Waals surface area contributed by atoms with Crippen molar-refractivity contribution in [2.24, 2.45) is 23.2 Å². The van der Waals surface area contributed by atoms with Crippen LogP contribution in [0.3, 0.4) is 0 Å². The van der Waals surface area contributed by atoms with Crippen LogP contribution >= 0.6 is 0 Å². The van der Waals surface area contributed by atoms with Crippen molar-refractivity contribution < 1.29 is 14.6 Å². The van der Waals surface area contributed by atoms with Crippen LogP contribution in [0.1, 0.15) is 56.6 Å². The van der Waals surface area contributed by atoms with E-state index in [0.29, 0.717) is 29.4 Å². The molecule has 0 radical (unpaired) electrons. The molecule has 0 aromatic heterocycles. The topological polar surface area (TPSA) is 58.6 Å². The van der Waals surface area contributed by atoms with Crippen molar-refractivity contribution in [2.45, 2.75) is 58.0 Å². The van der Waals surface area contributed by atoms with E-state index in [-0.39, 0.29) is 17.6 Å². The van der Waals surface area contributed by atoms with Crippen molar-refractivity contribution >= 4 is 6.09 Å². The molecule has 0 bridgehead atoms. The van der Waals surface area contributed by atoms with Gasteiger partial charge in [0.25, 0.3) is 0 Å². The van der Waals surface area contributed by atoms with Crippen LogP contribution < -0.4 is 5.32 Å². The number of carbonyl (C=O) groups is 1. The molecule has 6 atom stereocenters. The first kappa shape index (κ1) is 16.7.